The minimum Gasteiger partial charge on any atom is -0.496 e. The average molecular weight is 208 g/mol. The lowest BCUT2D eigenvalue weighted by Gasteiger charge is -1.92. The highest BCUT2D eigenvalue weighted by atomic mass is 32.1. The Morgan fingerprint density at radius 2 is 2.43 bits per heavy atom. The summed E-state index contributed by atoms with van der Waals surface area (Å²) in [6, 6.07) is 1.77. The second-order valence-electron chi connectivity index (χ2n) is 2.70. The van der Waals surface area contributed by atoms with E-state index in [9.17, 15) is 4.79 Å². The quantitative estimate of drug-likeness (QED) is 0.561. The van der Waals surface area contributed by atoms with Gasteiger partial charge in [0.1, 0.15) is 5.75 Å². The van der Waals surface area contributed by atoms with Gasteiger partial charge in [-0.1, -0.05) is 0 Å². The van der Waals surface area contributed by atoms with Crippen LogP contribution in [0.25, 0.3) is 0 Å². The second-order valence-corrected chi connectivity index (χ2v) is 3.61. The number of thiophene rings is 1. The monoisotopic (exact) mass is 208 g/mol. The van der Waals surface area contributed by atoms with E-state index in [1.807, 2.05) is 5.38 Å². The molecule has 1 aromatic heterocycles. The van der Waals surface area contributed by atoms with Gasteiger partial charge in [-0.15, -0.1) is 23.2 Å². The van der Waals surface area contributed by atoms with Crippen molar-refractivity contribution in [2.24, 2.45) is 0 Å². The van der Waals surface area contributed by atoms with E-state index < -0.39 is 0 Å². The molecule has 1 heterocycles. The first kappa shape index (κ1) is 10.8. The number of hydrogen-bond donors (Lipinski definition) is 0. The van der Waals surface area contributed by atoms with E-state index in [0.717, 1.165) is 10.6 Å². The molecule has 0 bridgehead atoms. The molecule has 0 atom stereocenters. The topological polar surface area (TPSA) is 26.3 Å². The molecule has 0 spiro atoms. The van der Waals surface area contributed by atoms with Crippen molar-refractivity contribution in [3.8, 4) is 17.6 Å². The van der Waals surface area contributed by atoms with Gasteiger partial charge in [-0.2, -0.15) is 0 Å². The van der Waals surface area contributed by atoms with Crippen molar-refractivity contribution < 1.29 is 9.53 Å². The summed E-state index contributed by atoms with van der Waals surface area (Å²) in [6.45, 7) is 1.78. The molecule has 0 saturated heterocycles. The van der Waals surface area contributed by atoms with Gasteiger partial charge < -0.3 is 4.74 Å². The maximum Gasteiger partial charge on any atom is 0.173 e. The van der Waals surface area contributed by atoms with Crippen LogP contribution >= 0.6 is 11.3 Å². The van der Waals surface area contributed by atoms with Crippen LogP contribution < -0.4 is 4.74 Å². The van der Waals surface area contributed by atoms with Gasteiger partial charge in [-0.25, -0.2) is 0 Å². The Hall–Kier alpha value is -1.27. The van der Waals surface area contributed by atoms with Crippen LogP contribution in [-0.4, -0.2) is 12.9 Å². The third kappa shape index (κ3) is 2.90. The fourth-order valence-electron chi connectivity index (χ4n) is 0.996. The Morgan fingerprint density at radius 1 is 1.64 bits per heavy atom. The average Bonchev–Trinajstić information content (AvgIpc) is 2.66. The Kier molecular flexibility index (Phi) is 4.21. The van der Waals surface area contributed by atoms with E-state index in [1.165, 1.54) is 11.3 Å². The van der Waals surface area contributed by atoms with Crippen LogP contribution in [0, 0.1) is 11.8 Å². The minimum absolute atomic E-state index is 0.140. The molecular formula is C11H12O2S. The van der Waals surface area contributed by atoms with Crippen LogP contribution in [0.2, 0.25) is 0 Å². The summed E-state index contributed by atoms with van der Waals surface area (Å²) in [4.78, 5) is 12.3. The summed E-state index contributed by atoms with van der Waals surface area (Å²) < 4.78 is 5.00. The van der Waals surface area contributed by atoms with Crippen LogP contribution in [-0.2, 0) is 0 Å². The number of ether oxygens (including phenoxy) is 1. The number of carbonyl (C=O) groups excluding carboxylic acids is 1. The molecule has 0 radical (unpaired) electrons. The van der Waals surface area contributed by atoms with Crippen LogP contribution in [0.1, 0.15) is 29.4 Å². The van der Waals surface area contributed by atoms with Crippen molar-refractivity contribution >= 4 is 17.1 Å². The normalized spacial score (nSPS) is 9.00. The minimum atomic E-state index is 0.140. The molecule has 0 aliphatic heterocycles. The third-order valence-corrected chi connectivity index (χ3v) is 2.69. The van der Waals surface area contributed by atoms with Crippen molar-refractivity contribution in [2.75, 3.05) is 7.11 Å². The summed E-state index contributed by atoms with van der Waals surface area (Å²) in [6.07, 6.45) is 1.13. The zero-order valence-corrected chi connectivity index (χ0v) is 9.11. The van der Waals surface area contributed by atoms with Gasteiger partial charge in [0.05, 0.1) is 12.0 Å². The van der Waals surface area contributed by atoms with Gasteiger partial charge in [0.2, 0.25) is 0 Å². The van der Waals surface area contributed by atoms with E-state index in [0.29, 0.717) is 12.8 Å². The second kappa shape index (κ2) is 5.46. The van der Waals surface area contributed by atoms with E-state index in [4.69, 9.17) is 4.74 Å². The van der Waals surface area contributed by atoms with Gasteiger partial charge in [0, 0.05) is 24.3 Å². The van der Waals surface area contributed by atoms with Crippen molar-refractivity contribution in [3.05, 3.63) is 16.3 Å². The highest BCUT2D eigenvalue weighted by Gasteiger charge is 2.08. The molecule has 1 aromatic rings. The first-order valence-corrected chi connectivity index (χ1v) is 5.21. The Morgan fingerprint density at radius 3 is 3.00 bits per heavy atom. The van der Waals surface area contributed by atoms with E-state index in [2.05, 4.69) is 11.8 Å². The molecule has 0 amide bonds. The van der Waals surface area contributed by atoms with Crippen LogP contribution in [0.5, 0.6) is 5.75 Å². The Labute approximate surface area is 87.9 Å². The fourth-order valence-corrected chi connectivity index (χ4v) is 1.82. The number of rotatable bonds is 4. The third-order valence-electron chi connectivity index (χ3n) is 1.74. The molecule has 1 rings (SSSR count). The first-order chi connectivity index (χ1) is 6.77. The molecule has 0 aromatic carbocycles. The molecule has 0 aliphatic carbocycles. The Balaban J connectivity index is 2.54. The molecule has 0 fully saturated rings. The smallest absolute Gasteiger partial charge is 0.173 e. The summed E-state index contributed by atoms with van der Waals surface area (Å²) >= 11 is 1.42. The predicted octanol–water partition coefficient (Wildman–Crippen LogP) is 2.74. The lowest BCUT2D eigenvalue weighted by Crippen LogP contribution is -1.94. The fraction of sp³-hybridized carbons (Fsp3) is 0.364. The van der Waals surface area contributed by atoms with Gasteiger partial charge in [-0.3, -0.25) is 4.79 Å². The predicted molar refractivity (Wildman–Crippen MR) is 57.9 cm³/mol. The van der Waals surface area contributed by atoms with Crippen LogP contribution in [0.4, 0.5) is 0 Å². The molecule has 3 heteroatoms. The van der Waals surface area contributed by atoms with Crippen molar-refractivity contribution in [1.29, 1.82) is 0 Å². The van der Waals surface area contributed by atoms with E-state index >= 15 is 0 Å². The van der Waals surface area contributed by atoms with Crippen molar-refractivity contribution in [3.63, 3.8) is 0 Å². The molecule has 0 aliphatic rings. The molecule has 74 valence electrons. The van der Waals surface area contributed by atoms with E-state index in [-0.39, 0.29) is 5.78 Å². The van der Waals surface area contributed by atoms with E-state index in [1.54, 1.807) is 20.1 Å². The zero-order valence-electron chi connectivity index (χ0n) is 8.29. The number of ketones is 1. The summed E-state index contributed by atoms with van der Waals surface area (Å²) in [5.41, 5.74) is 0. The largest absolute Gasteiger partial charge is 0.496 e. The molecule has 14 heavy (non-hydrogen) atoms. The lowest BCUT2D eigenvalue weighted by atomic mass is 10.2. The van der Waals surface area contributed by atoms with Gasteiger partial charge >= 0.3 is 0 Å². The number of carbonyl (C=O) groups is 1. The van der Waals surface area contributed by atoms with Crippen LogP contribution in [0.15, 0.2) is 11.4 Å². The van der Waals surface area contributed by atoms with Crippen molar-refractivity contribution in [1.82, 2.24) is 0 Å². The van der Waals surface area contributed by atoms with Gasteiger partial charge in [0.25, 0.3) is 0 Å². The standard InChI is InChI=1S/C11H12O2S/c1-3-4-5-6-10(12)11-7-9(13-2)8-14-11/h7-8H,5-6H2,1-2H3. The van der Waals surface area contributed by atoms with Crippen molar-refractivity contribution in [2.45, 2.75) is 19.8 Å². The first-order valence-electron chi connectivity index (χ1n) is 4.33. The number of Topliss-reactive ketones (excluding diaryl/α,β-unsaturated/α-hetero) is 1. The molecular weight excluding hydrogens is 196 g/mol. The summed E-state index contributed by atoms with van der Waals surface area (Å²) in [5, 5.41) is 1.83. The highest BCUT2D eigenvalue weighted by Crippen LogP contribution is 2.22. The SMILES string of the molecule is CC#CCCC(=O)c1cc(OC)cs1. The summed E-state index contributed by atoms with van der Waals surface area (Å²) in [7, 11) is 1.60. The maximum absolute atomic E-state index is 11.5. The van der Waals surface area contributed by atoms with Crippen LogP contribution in [0.3, 0.4) is 0 Å². The summed E-state index contributed by atoms with van der Waals surface area (Å²) in [5.74, 6) is 6.53. The molecule has 2 nitrogen and oxygen atoms in total. The molecule has 0 N–H and O–H groups in total. The number of hydrogen-bond acceptors (Lipinski definition) is 3. The molecule has 0 saturated carbocycles. The molecule has 0 unspecified atom stereocenters. The Bertz CT molecular complexity index is 368. The van der Waals surface area contributed by atoms with Gasteiger partial charge in [0.15, 0.2) is 5.78 Å². The lowest BCUT2D eigenvalue weighted by molar-refractivity contribution is 0.0988. The number of methoxy groups -OCH3 is 1. The zero-order chi connectivity index (χ0) is 10.4. The van der Waals surface area contributed by atoms with Gasteiger partial charge in [-0.05, 0) is 6.92 Å². The maximum atomic E-state index is 11.5. The highest BCUT2D eigenvalue weighted by molar-refractivity contribution is 7.12.